The summed E-state index contributed by atoms with van der Waals surface area (Å²) in [5, 5.41) is 3.52. The second kappa shape index (κ2) is 5.80. The molecule has 92 valence electrons. The minimum atomic E-state index is 0.552. The number of ether oxygens (including phenoxy) is 1. The van der Waals surface area contributed by atoms with Crippen molar-refractivity contribution < 1.29 is 4.74 Å². The van der Waals surface area contributed by atoms with Crippen molar-refractivity contribution in [1.82, 2.24) is 10.2 Å². The molecule has 2 aliphatic rings. The quantitative estimate of drug-likeness (QED) is 0.659. The van der Waals surface area contributed by atoms with Crippen LogP contribution in [0.1, 0.15) is 19.8 Å². The molecule has 1 heterocycles. The zero-order chi connectivity index (χ0) is 11.4. The highest BCUT2D eigenvalue weighted by Crippen LogP contribution is 2.28. The lowest BCUT2D eigenvalue weighted by Gasteiger charge is -2.26. The van der Waals surface area contributed by atoms with Crippen LogP contribution in [0.2, 0.25) is 0 Å². The molecule has 3 nitrogen and oxygen atoms in total. The van der Waals surface area contributed by atoms with Crippen LogP contribution in [-0.4, -0.2) is 49.8 Å². The monoisotopic (exact) mass is 224 g/mol. The lowest BCUT2D eigenvalue weighted by Crippen LogP contribution is -2.42. The van der Waals surface area contributed by atoms with Crippen LogP contribution in [0.4, 0.5) is 0 Å². The predicted molar refractivity (Wildman–Crippen MR) is 66.6 cm³/mol. The number of nitrogens with one attached hydrogen (secondary N) is 1. The van der Waals surface area contributed by atoms with Gasteiger partial charge < -0.3 is 10.1 Å². The SMILES string of the molecule is C=CCN(CC1COCC1NCC)C1CC1. The molecule has 0 radical (unpaired) electrons. The fourth-order valence-electron chi connectivity index (χ4n) is 2.55. The molecule has 3 heteroatoms. The average Bonchev–Trinajstić information content (AvgIpc) is 3.03. The smallest absolute Gasteiger partial charge is 0.0623 e. The molecule has 1 N–H and O–H groups in total. The minimum absolute atomic E-state index is 0.552. The van der Waals surface area contributed by atoms with Gasteiger partial charge in [-0.1, -0.05) is 13.0 Å². The zero-order valence-corrected chi connectivity index (χ0v) is 10.3. The first-order chi connectivity index (χ1) is 7.85. The van der Waals surface area contributed by atoms with Crippen LogP contribution in [0.15, 0.2) is 12.7 Å². The van der Waals surface area contributed by atoms with E-state index in [-0.39, 0.29) is 0 Å². The van der Waals surface area contributed by atoms with Crippen molar-refractivity contribution in [3.05, 3.63) is 12.7 Å². The molecule has 1 saturated heterocycles. The summed E-state index contributed by atoms with van der Waals surface area (Å²) >= 11 is 0. The Hall–Kier alpha value is -0.380. The van der Waals surface area contributed by atoms with Crippen molar-refractivity contribution in [2.45, 2.75) is 31.8 Å². The highest BCUT2D eigenvalue weighted by Gasteiger charge is 2.34. The van der Waals surface area contributed by atoms with E-state index in [4.69, 9.17) is 4.74 Å². The highest BCUT2D eigenvalue weighted by atomic mass is 16.5. The van der Waals surface area contributed by atoms with Gasteiger partial charge in [-0.25, -0.2) is 0 Å². The molecule has 0 aromatic carbocycles. The largest absolute Gasteiger partial charge is 0.379 e. The van der Waals surface area contributed by atoms with Crippen molar-refractivity contribution in [2.75, 3.05) is 32.8 Å². The van der Waals surface area contributed by atoms with Gasteiger partial charge in [-0.3, -0.25) is 4.90 Å². The maximum atomic E-state index is 5.59. The summed E-state index contributed by atoms with van der Waals surface area (Å²) in [6.45, 7) is 11.0. The molecular weight excluding hydrogens is 200 g/mol. The summed E-state index contributed by atoms with van der Waals surface area (Å²) in [6, 6.07) is 1.37. The van der Waals surface area contributed by atoms with Gasteiger partial charge in [0.05, 0.1) is 13.2 Å². The predicted octanol–water partition coefficient (Wildman–Crippen LogP) is 1.26. The number of hydrogen-bond donors (Lipinski definition) is 1. The van der Waals surface area contributed by atoms with Gasteiger partial charge in [0.2, 0.25) is 0 Å². The fraction of sp³-hybridized carbons (Fsp3) is 0.846. The van der Waals surface area contributed by atoms with Gasteiger partial charge in [0.25, 0.3) is 0 Å². The fourth-order valence-corrected chi connectivity index (χ4v) is 2.55. The van der Waals surface area contributed by atoms with Crippen LogP contribution in [0.5, 0.6) is 0 Å². The molecule has 1 saturated carbocycles. The van der Waals surface area contributed by atoms with Crippen molar-refractivity contribution in [2.24, 2.45) is 5.92 Å². The van der Waals surface area contributed by atoms with Gasteiger partial charge in [-0.2, -0.15) is 0 Å². The third-order valence-corrected chi connectivity index (χ3v) is 3.56. The number of hydrogen-bond acceptors (Lipinski definition) is 3. The third-order valence-electron chi connectivity index (χ3n) is 3.56. The van der Waals surface area contributed by atoms with Crippen molar-refractivity contribution in [3.8, 4) is 0 Å². The molecule has 1 aliphatic heterocycles. The topological polar surface area (TPSA) is 24.5 Å². The first kappa shape index (κ1) is 12.1. The Balaban J connectivity index is 1.83. The molecule has 0 aromatic rings. The molecule has 0 spiro atoms. The normalized spacial score (nSPS) is 29.9. The summed E-state index contributed by atoms with van der Waals surface area (Å²) in [6.07, 6.45) is 4.76. The lowest BCUT2D eigenvalue weighted by molar-refractivity contribution is 0.168. The second-order valence-corrected chi connectivity index (χ2v) is 4.94. The zero-order valence-electron chi connectivity index (χ0n) is 10.3. The van der Waals surface area contributed by atoms with Crippen molar-refractivity contribution in [1.29, 1.82) is 0 Å². The average molecular weight is 224 g/mol. The van der Waals surface area contributed by atoms with Gasteiger partial charge in [-0.15, -0.1) is 6.58 Å². The van der Waals surface area contributed by atoms with Crippen LogP contribution in [0.25, 0.3) is 0 Å². The molecule has 2 fully saturated rings. The maximum Gasteiger partial charge on any atom is 0.0623 e. The van der Waals surface area contributed by atoms with Crippen LogP contribution < -0.4 is 5.32 Å². The Morgan fingerprint density at radius 2 is 2.25 bits per heavy atom. The van der Waals surface area contributed by atoms with E-state index in [9.17, 15) is 0 Å². The minimum Gasteiger partial charge on any atom is -0.379 e. The van der Waals surface area contributed by atoms with Gasteiger partial charge in [0, 0.05) is 31.1 Å². The molecule has 0 amide bonds. The summed E-state index contributed by atoms with van der Waals surface area (Å²) in [5.74, 6) is 0.653. The van der Waals surface area contributed by atoms with E-state index >= 15 is 0 Å². The second-order valence-electron chi connectivity index (χ2n) is 4.94. The van der Waals surface area contributed by atoms with Gasteiger partial charge >= 0.3 is 0 Å². The van der Waals surface area contributed by atoms with Crippen LogP contribution in [0, 0.1) is 5.92 Å². The van der Waals surface area contributed by atoms with E-state index in [1.54, 1.807) is 0 Å². The number of rotatable bonds is 7. The van der Waals surface area contributed by atoms with Crippen molar-refractivity contribution in [3.63, 3.8) is 0 Å². The first-order valence-electron chi connectivity index (χ1n) is 6.51. The van der Waals surface area contributed by atoms with Gasteiger partial charge in [-0.05, 0) is 19.4 Å². The number of nitrogens with zero attached hydrogens (tertiary/aromatic N) is 1. The van der Waals surface area contributed by atoms with E-state index in [1.807, 2.05) is 6.08 Å². The molecule has 1 aliphatic carbocycles. The Labute approximate surface area is 98.8 Å². The Bertz CT molecular complexity index is 228. The lowest BCUT2D eigenvalue weighted by atomic mass is 10.0. The number of likely N-dealkylation sites (N-methyl/N-ethyl adjacent to an activating group) is 1. The van der Waals surface area contributed by atoms with Gasteiger partial charge in [0.15, 0.2) is 0 Å². The molecule has 2 rings (SSSR count). The van der Waals surface area contributed by atoms with E-state index in [0.29, 0.717) is 12.0 Å². The van der Waals surface area contributed by atoms with E-state index < -0.39 is 0 Å². The molecule has 2 unspecified atom stereocenters. The highest BCUT2D eigenvalue weighted by molar-refractivity contribution is 4.92. The third kappa shape index (κ3) is 3.06. The molecule has 2 atom stereocenters. The van der Waals surface area contributed by atoms with Crippen LogP contribution >= 0.6 is 0 Å². The molecule has 16 heavy (non-hydrogen) atoms. The van der Waals surface area contributed by atoms with Gasteiger partial charge in [0.1, 0.15) is 0 Å². The molecule has 0 aromatic heterocycles. The van der Waals surface area contributed by atoms with E-state index in [1.165, 1.54) is 12.8 Å². The van der Waals surface area contributed by atoms with Crippen LogP contribution in [-0.2, 0) is 4.74 Å². The summed E-state index contributed by atoms with van der Waals surface area (Å²) in [4.78, 5) is 2.57. The Morgan fingerprint density at radius 3 is 2.88 bits per heavy atom. The summed E-state index contributed by atoms with van der Waals surface area (Å²) in [7, 11) is 0. The summed E-state index contributed by atoms with van der Waals surface area (Å²) in [5.41, 5.74) is 0. The Kier molecular flexibility index (Phi) is 4.38. The Morgan fingerprint density at radius 1 is 1.44 bits per heavy atom. The van der Waals surface area contributed by atoms with E-state index in [0.717, 1.165) is 38.9 Å². The molecular formula is C13H24N2O. The summed E-state index contributed by atoms with van der Waals surface area (Å²) < 4.78 is 5.59. The molecule has 0 bridgehead atoms. The van der Waals surface area contributed by atoms with Crippen molar-refractivity contribution >= 4 is 0 Å². The standard InChI is InChI=1S/C13H24N2O/c1-3-7-15(12-5-6-12)8-11-9-16-10-13(11)14-4-2/h3,11-14H,1,4-10H2,2H3. The van der Waals surface area contributed by atoms with Crippen LogP contribution in [0.3, 0.4) is 0 Å². The van der Waals surface area contributed by atoms with E-state index in [2.05, 4.69) is 23.7 Å². The first-order valence-corrected chi connectivity index (χ1v) is 6.51. The maximum absolute atomic E-state index is 5.59.